The molecular weight excluding hydrogens is 460 g/mol. The molecule has 0 aliphatic rings. The highest BCUT2D eigenvalue weighted by Gasteiger charge is 2.39. The normalized spacial score (nSPS) is 13.9. The van der Waals surface area contributed by atoms with Gasteiger partial charge in [0.2, 0.25) is 0 Å². The summed E-state index contributed by atoms with van der Waals surface area (Å²) < 4.78 is 2.43. The summed E-state index contributed by atoms with van der Waals surface area (Å²) in [6.07, 6.45) is 24.3. The molecule has 0 spiro atoms. The van der Waals surface area contributed by atoms with Crippen LogP contribution in [0.25, 0.3) is 0 Å². The van der Waals surface area contributed by atoms with Crippen molar-refractivity contribution in [2.75, 3.05) is 0 Å². The smallest absolute Gasteiger partial charge is 0.112 e. The largest absolute Gasteiger partial charge is 0.335 e. The van der Waals surface area contributed by atoms with Gasteiger partial charge in [0.15, 0.2) is 0 Å². The maximum Gasteiger partial charge on any atom is 0.112 e. The lowest BCUT2D eigenvalue weighted by molar-refractivity contribution is 0.322. The Labute approximate surface area is 234 Å². The van der Waals surface area contributed by atoms with E-state index in [0.717, 1.165) is 19.4 Å². The van der Waals surface area contributed by atoms with Crippen molar-refractivity contribution in [2.24, 2.45) is 0 Å². The van der Waals surface area contributed by atoms with Gasteiger partial charge in [-0.05, 0) is 30.4 Å². The standard InChI is InChI=1S/C36H54N2/c1-4-6-7-8-9-10-11-12-13-14-15-22-27-34(35-37-28-30-38(35)29-5-2)36(3,33-25-20-17-21-26-33)31-32-23-18-16-19-24-32/h16-21,23-26,28,30,34H,4-15,22,27,29,31H2,1-3H3. The van der Waals surface area contributed by atoms with Crippen LogP contribution in [0.2, 0.25) is 0 Å². The van der Waals surface area contributed by atoms with Gasteiger partial charge in [-0.1, -0.05) is 158 Å². The lowest BCUT2D eigenvalue weighted by atomic mass is 9.66. The van der Waals surface area contributed by atoms with E-state index in [4.69, 9.17) is 4.98 Å². The lowest BCUT2D eigenvalue weighted by Gasteiger charge is -2.39. The highest BCUT2D eigenvalue weighted by molar-refractivity contribution is 5.33. The van der Waals surface area contributed by atoms with Crippen molar-refractivity contribution in [2.45, 2.75) is 135 Å². The second-order valence-corrected chi connectivity index (χ2v) is 11.7. The highest BCUT2D eigenvalue weighted by atomic mass is 15.1. The number of aromatic nitrogens is 2. The Kier molecular flexibility index (Phi) is 13.7. The van der Waals surface area contributed by atoms with Crippen molar-refractivity contribution in [1.29, 1.82) is 0 Å². The molecule has 0 fully saturated rings. The van der Waals surface area contributed by atoms with Crippen molar-refractivity contribution >= 4 is 0 Å². The fourth-order valence-corrected chi connectivity index (χ4v) is 6.25. The monoisotopic (exact) mass is 514 g/mol. The van der Waals surface area contributed by atoms with Crippen molar-refractivity contribution in [1.82, 2.24) is 9.55 Å². The quantitative estimate of drug-likeness (QED) is 0.137. The van der Waals surface area contributed by atoms with Crippen LogP contribution in [0.3, 0.4) is 0 Å². The first-order chi connectivity index (χ1) is 18.7. The van der Waals surface area contributed by atoms with Crippen LogP contribution in [-0.4, -0.2) is 9.55 Å². The highest BCUT2D eigenvalue weighted by Crippen LogP contribution is 2.44. The van der Waals surface area contributed by atoms with Gasteiger partial charge in [-0.25, -0.2) is 4.98 Å². The minimum atomic E-state index is -0.0166. The van der Waals surface area contributed by atoms with E-state index >= 15 is 0 Å². The number of aryl methyl sites for hydroxylation is 1. The van der Waals surface area contributed by atoms with Gasteiger partial charge in [-0.15, -0.1) is 0 Å². The summed E-state index contributed by atoms with van der Waals surface area (Å²) in [7, 11) is 0. The Morgan fingerprint density at radius 2 is 1.24 bits per heavy atom. The molecule has 3 rings (SSSR count). The molecule has 2 unspecified atom stereocenters. The van der Waals surface area contributed by atoms with E-state index in [-0.39, 0.29) is 5.41 Å². The second kappa shape index (κ2) is 17.3. The number of nitrogens with zero attached hydrogens (tertiary/aromatic N) is 2. The summed E-state index contributed by atoms with van der Waals surface area (Å²) in [6.45, 7) is 8.10. The van der Waals surface area contributed by atoms with Crippen molar-refractivity contribution in [3.63, 3.8) is 0 Å². The van der Waals surface area contributed by atoms with Crippen molar-refractivity contribution in [3.8, 4) is 0 Å². The molecular formula is C36H54N2. The molecule has 1 aromatic heterocycles. The first-order valence-electron chi connectivity index (χ1n) is 15.8. The van der Waals surface area contributed by atoms with Gasteiger partial charge in [-0.3, -0.25) is 0 Å². The maximum absolute atomic E-state index is 5.01. The SMILES string of the molecule is CCCCCCCCCCCCCCC(c1nccn1CCC)C(C)(Cc1ccccc1)c1ccccc1. The van der Waals surface area contributed by atoms with Crippen LogP contribution in [0.1, 0.15) is 134 Å². The van der Waals surface area contributed by atoms with Crippen LogP contribution in [0.15, 0.2) is 73.1 Å². The van der Waals surface area contributed by atoms with Crippen molar-refractivity contribution < 1.29 is 0 Å². The van der Waals surface area contributed by atoms with Crippen LogP contribution in [0, 0.1) is 0 Å². The summed E-state index contributed by atoms with van der Waals surface area (Å²) in [5.41, 5.74) is 2.82. The van der Waals surface area contributed by atoms with Gasteiger partial charge < -0.3 is 4.57 Å². The van der Waals surface area contributed by atoms with Gasteiger partial charge in [0, 0.05) is 30.3 Å². The number of rotatable bonds is 20. The van der Waals surface area contributed by atoms with Crippen LogP contribution in [0.5, 0.6) is 0 Å². The molecule has 2 atom stereocenters. The molecule has 0 N–H and O–H groups in total. The summed E-state index contributed by atoms with van der Waals surface area (Å²) in [4.78, 5) is 5.01. The third kappa shape index (κ3) is 9.44. The lowest BCUT2D eigenvalue weighted by Crippen LogP contribution is -2.35. The number of hydrogen-bond acceptors (Lipinski definition) is 1. The summed E-state index contributed by atoms with van der Waals surface area (Å²) in [6, 6.07) is 22.3. The molecule has 3 aromatic rings. The average molecular weight is 515 g/mol. The minimum Gasteiger partial charge on any atom is -0.335 e. The number of hydrogen-bond donors (Lipinski definition) is 0. The van der Waals surface area contributed by atoms with Gasteiger partial charge in [-0.2, -0.15) is 0 Å². The fraction of sp³-hybridized carbons (Fsp3) is 0.583. The molecule has 0 aliphatic carbocycles. The molecule has 0 amide bonds. The first-order valence-corrected chi connectivity index (χ1v) is 15.8. The van der Waals surface area contributed by atoms with Crippen LogP contribution in [-0.2, 0) is 18.4 Å². The predicted molar refractivity (Wildman–Crippen MR) is 165 cm³/mol. The van der Waals surface area contributed by atoms with Crippen molar-refractivity contribution in [3.05, 3.63) is 90.0 Å². The summed E-state index contributed by atoms with van der Waals surface area (Å²) >= 11 is 0. The van der Waals surface area contributed by atoms with Gasteiger partial charge in [0.25, 0.3) is 0 Å². The topological polar surface area (TPSA) is 17.8 Å². The van der Waals surface area contributed by atoms with Crippen LogP contribution >= 0.6 is 0 Å². The fourth-order valence-electron chi connectivity index (χ4n) is 6.25. The van der Waals surface area contributed by atoms with Gasteiger partial charge in [0.05, 0.1) is 0 Å². The van der Waals surface area contributed by atoms with E-state index in [1.54, 1.807) is 0 Å². The molecule has 1 heterocycles. The average Bonchev–Trinajstić information content (AvgIpc) is 3.40. The number of imidazole rings is 1. The van der Waals surface area contributed by atoms with Gasteiger partial charge >= 0.3 is 0 Å². The predicted octanol–water partition coefficient (Wildman–Crippen LogP) is 10.7. The van der Waals surface area contributed by atoms with E-state index in [1.807, 2.05) is 6.20 Å². The third-order valence-corrected chi connectivity index (χ3v) is 8.49. The maximum atomic E-state index is 5.01. The Bertz CT molecular complexity index is 977. The summed E-state index contributed by atoms with van der Waals surface area (Å²) in [5.74, 6) is 1.66. The Hall–Kier alpha value is -2.35. The molecule has 2 nitrogen and oxygen atoms in total. The number of benzene rings is 2. The Balaban J connectivity index is 1.66. The molecule has 0 aliphatic heterocycles. The Morgan fingerprint density at radius 3 is 1.82 bits per heavy atom. The van der Waals surface area contributed by atoms with Gasteiger partial charge in [0.1, 0.15) is 5.82 Å². The number of unbranched alkanes of at least 4 members (excludes halogenated alkanes) is 11. The van der Waals surface area contributed by atoms with Crippen LogP contribution in [0.4, 0.5) is 0 Å². The molecule has 2 aromatic carbocycles. The molecule has 0 saturated heterocycles. The second-order valence-electron chi connectivity index (χ2n) is 11.7. The van der Waals surface area contributed by atoms with E-state index in [0.29, 0.717) is 5.92 Å². The zero-order chi connectivity index (χ0) is 26.9. The summed E-state index contributed by atoms with van der Waals surface area (Å²) in [5, 5.41) is 0. The zero-order valence-electron chi connectivity index (χ0n) is 24.7. The Morgan fingerprint density at radius 1 is 0.684 bits per heavy atom. The molecule has 0 radical (unpaired) electrons. The molecule has 2 heteroatoms. The molecule has 0 saturated carbocycles. The minimum absolute atomic E-state index is 0.0166. The molecule has 38 heavy (non-hydrogen) atoms. The van der Waals surface area contributed by atoms with Crippen LogP contribution < -0.4 is 0 Å². The zero-order valence-corrected chi connectivity index (χ0v) is 24.7. The van der Waals surface area contributed by atoms with E-state index in [1.165, 1.54) is 100 Å². The van der Waals surface area contributed by atoms with E-state index in [9.17, 15) is 0 Å². The molecule has 0 bridgehead atoms. The van der Waals surface area contributed by atoms with E-state index < -0.39 is 0 Å². The first kappa shape index (κ1) is 30.2. The van der Waals surface area contributed by atoms with E-state index in [2.05, 4.69) is 92.2 Å². The third-order valence-electron chi connectivity index (χ3n) is 8.49. The molecule has 208 valence electrons.